The van der Waals surface area contributed by atoms with Gasteiger partial charge in [0.2, 0.25) is 13.6 Å². The topological polar surface area (TPSA) is 141 Å². The molecule has 13 heteroatoms. The molecular weight excluding hydrogens is 647 g/mol. The van der Waals surface area contributed by atoms with Gasteiger partial charge in [-0.25, -0.2) is 0 Å². The van der Waals surface area contributed by atoms with Crippen LogP contribution in [0.15, 0.2) is 54.6 Å². The molecule has 1 atom stereocenters. The summed E-state index contributed by atoms with van der Waals surface area (Å²) in [6.45, 7) is 8.09. The predicted molar refractivity (Wildman–Crippen MR) is 177 cm³/mol. The fourth-order valence-corrected chi connectivity index (χ4v) is 8.93. The lowest BCUT2D eigenvalue weighted by atomic mass is 9.98. The molecule has 0 aliphatic heterocycles. The second-order valence-corrected chi connectivity index (χ2v) is 18.0. The molecular formula is C34H49O11PS. The quantitative estimate of drug-likeness (QED) is 0.0727. The zero-order chi connectivity index (χ0) is 34.7. The molecule has 1 aliphatic rings. The Morgan fingerprint density at radius 3 is 1.91 bits per heavy atom. The number of aryl methyl sites for hydroxylation is 1. The Hall–Kier alpha value is -2.76. The molecule has 1 saturated carbocycles. The first-order valence-electron chi connectivity index (χ1n) is 16.0. The Morgan fingerprint density at radius 2 is 1.36 bits per heavy atom. The standard InChI is InChI=1S/C34H49O11PS/c1-33(2,3)31(35)40-24-42-46(37,43-25-41-32(36)34(4,5)6)30(47(38,39)45-28-19-11-8-12-20-28)22-14-16-26-15-13-21-29(23-26)44-27-17-9-7-10-18-27/h7,9-10,13,15,17-18,21,23,28,30H,8,11-12,14,16,19-20,22,24-25H2,1-6H3. The molecule has 0 spiro atoms. The lowest BCUT2D eigenvalue weighted by Crippen LogP contribution is -2.32. The third kappa shape index (κ3) is 12.7. The van der Waals surface area contributed by atoms with Gasteiger partial charge in [0, 0.05) is 0 Å². The summed E-state index contributed by atoms with van der Waals surface area (Å²) in [6, 6.07) is 16.7. The van der Waals surface area contributed by atoms with Crippen LogP contribution in [0.2, 0.25) is 0 Å². The molecule has 1 fully saturated rings. The van der Waals surface area contributed by atoms with E-state index in [9.17, 15) is 22.6 Å². The van der Waals surface area contributed by atoms with E-state index in [0.717, 1.165) is 24.8 Å². The molecule has 47 heavy (non-hydrogen) atoms. The van der Waals surface area contributed by atoms with Crippen LogP contribution in [0.25, 0.3) is 0 Å². The van der Waals surface area contributed by atoms with Crippen molar-refractivity contribution in [3.8, 4) is 11.5 Å². The second-order valence-electron chi connectivity index (χ2n) is 13.7. The molecule has 0 aromatic heterocycles. The smallest absolute Gasteiger partial charge is 0.357 e. The van der Waals surface area contributed by atoms with Crippen molar-refractivity contribution >= 4 is 29.7 Å². The summed E-state index contributed by atoms with van der Waals surface area (Å²) in [6.07, 6.45) is 3.55. The van der Waals surface area contributed by atoms with Gasteiger partial charge >= 0.3 is 19.5 Å². The first-order chi connectivity index (χ1) is 22.0. The molecule has 11 nitrogen and oxygen atoms in total. The SMILES string of the molecule is CC(C)(C)C(=O)OCOP(=O)(OCOC(=O)C(C)(C)C)C(CCCc1cccc(Oc2ccccc2)c1)S(=O)(=O)OC1CCCCC1. The van der Waals surface area contributed by atoms with Gasteiger partial charge in [0.05, 0.1) is 16.9 Å². The predicted octanol–water partition coefficient (Wildman–Crippen LogP) is 8.13. The second kappa shape index (κ2) is 17.1. The van der Waals surface area contributed by atoms with E-state index in [4.69, 9.17) is 27.4 Å². The van der Waals surface area contributed by atoms with Crippen LogP contribution in [-0.2, 0) is 53.4 Å². The van der Waals surface area contributed by atoms with Crippen molar-refractivity contribution in [1.29, 1.82) is 0 Å². The normalized spacial score (nSPS) is 15.5. The average Bonchev–Trinajstić information content (AvgIpc) is 2.99. The molecule has 1 unspecified atom stereocenters. The van der Waals surface area contributed by atoms with Gasteiger partial charge in [0.1, 0.15) is 11.5 Å². The molecule has 0 saturated heterocycles. The zero-order valence-electron chi connectivity index (χ0n) is 28.3. The number of carbonyl (C=O) groups excluding carboxylic acids is 2. The van der Waals surface area contributed by atoms with E-state index in [2.05, 4.69) is 0 Å². The molecule has 0 bridgehead atoms. The highest BCUT2D eigenvalue weighted by Crippen LogP contribution is 2.57. The number of benzene rings is 2. The highest BCUT2D eigenvalue weighted by Gasteiger charge is 2.48. The summed E-state index contributed by atoms with van der Waals surface area (Å²) in [5.41, 5.74) is -0.937. The molecule has 2 aromatic rings. The fourth-order valence-electron chi connectivity index (χ4n) is 4.69. The number of ether oxygens (including phenoxy) is 3. The van der Waals surface area contributed by atoms with Crippen molar-refractivity contribution in [3.05, 3.63) is 60.2 Å². The van der Waals surface area contributed by atoms with Gasteiger partial charge in [-0.3, -0.25) is 27.4 Å². The molecule has 262 valence electrons. The minimum Gasteiger partial charge on any atom is -0.457 e. The van der Waals surface area contributed by atoms with E-state index >= 15 is 0 Å². The Kier molecular flexibility index (Phi) is 14.0. The van der Waals surface area contributed by atoms with Crippen molar-refractivity contribution in [2.24, 2.45) is 10.8 Å². The molecule has 1 aliphatic carbocycles. The van der Waals surface area contributed by atoms with E-state index in [1.807, 2.05) is 54.6 Å². The maximum Gasteiger partial charge on any atom is 0.357 e. The summed E-state index contributed by atoms with van der Waals surface area (Å²) in [5.74, 6) is -0.0280. The van der Waals surface area contributed by atoms with Crippen LogP contribution < -0.4 is 4.74 Å². The molecule has 0 N–H and O–H groups in total. The van der Waals surface area contributed by atoms with Crippen LogP contribution in [-0.4, -0.2) is 45.0 Å². The average molecular weight is 697 g/mol. The first kappa shape index (κ1) is 38.7. The van der Waals surface area contributed by atoms with Crippen LogP contribution in [0.5, 0.6) is 11.5 Å². The highest BCUT2D eigenvalue weighted by molar-refractivity contribution is 7.94. The van der Waals surface area contributed by atoms with Crippen molar-refractivity contribution in [1.82, 2.24) is 0 Å². The number of para-hydroxylation sites is 1. The maximum absolute atomic E-state index is 14.5. The molecule has 2 aromatic carbocycles. The van der Waals surface area contributed by atoms with Crippen molar-refractivity contribution < 1.29 is 50.0 Å². The third-order valence-electron chi connectivity index (χ3n) is 7.37. The lowest BCUT2D eigenvalue weighted by Gasteiger charge is -2.29. The minimum atomic E-state index is -4.70. The Labute approximate surface area is 279 Å². The molecule has 0 radical (unpaired) electrons. The van der Waals surface area contributed by atoms with Gasteiger partial charge in [-0.05, 0) is 103 Å². The number of rotatable bonds is 16. The van der Waals surface area contributed by atoms with Gasteiger partial charge in [0.25, 0.3) is 10.1 Å². The number of carbonyl (C=O) groups is 2. The van der Waals surface area contributed by atoms with Gasteiger partial charge in [-0.2, -0.15) is 8.42 Å². The van der Waals surface area contributed by atoms with Gasteiger partial charge in [-0.15, -0.1) is 0 Å². The zero-order valence-corrected chi connectivity index (χ0v) is 30.0. The fraction of sp³-hybridized carbons (Fsp3) is 0.588. The van der Waals surface area contributed by atoms with Crippen LogP contribution in [0.3, 0.4) is 0 Å². The van der Waals surface area contributed by atoms with Gasteiger partial charge in [-0.1, -0.05) is 49.6 Å². The van der Waals surface area contributed by atoms with E-state index in [-0.39, 0.29) is 12.8 Å². The first-order valence-corrected chi connectivity index (χ1v) is 19.1. The highest BCUT2D eigenvalue weighted by atomic mass is 32.2. The largest absolute Gasteiger partial charge is 0.457 e. The van der Waals surface area contributed by atoms with Gasteiger partial charge < -0.3 is 14.2 Å². The summed E-state index contributed by atoms with van der Waals surface area (Å²) < 4.78 is 75.1. The van der Waals surface area contributed by atoms with Gasteiger partial charge in [0.15, 0.2) is 4.99 Å². The Morgan fingerprint density at radius 1 is 0.809 bits per heavy atom. The summed E-state index contributed by atoms with van der Waals surface area (Å²) in [4.78, 5) is 23.0. The van der Waals surface area contributed by atoms with Crippen LogP contribution in [0, 0.1) is 10.8 Å². The van der Waals surface area contributed by atoms with Crippen molar-refractivity contribution in [2.45, 2.75) is 104 Å². The Bertz CT molecular complexity index is 1420. The van der Waals surface area contributed by atoms with Crippen LogP contribution >= 0.6 is 7.60 Å². The molecule has 0 heterocycles. The minimum absolute atomic E-state index is 0.184. The van der Waals surface area contributed by atoms with E-state index in [1.54, 1.807) is 41.5 Å². The van der Waals surface area contributed by atoms with Crippen molar-refractivity contribution in [2.75, 3.05) is 13.6 Å². The Balaban J connectivity index is 1.85. The number of hydrogen-bond donors (Lipinski definition) is 0. The summed E-state index contributed by atoms with van der Waals surface area (Å²) in [7, 11) is -9.26. The van der Waals surface area contributed by atoms with Crippen molar-refractivity contribution in [3.63, 3.8) is 0 Å². The third-order valence-corrected chi connectivity index (χ3v) is 12.3. The van der Waals surface area contributed by atoms with E-state index in [0.29, 0.717) is 30.8 Å². The monoisotopic (exact) mass is 696 g/mol. The van der Waals surface area contributed by atoms with Crippen LogP contribution in [0.4, 0.5) is 0 Å². The lowest BCUT2D eigenvalue weighted by molar-refractivity contribution is -0.162. The number of hydrogen-bond acceptors (Lipinski definition) is 11. The van der Waals surface area contributed by atoms with Crippen LogP contribution in [0.1, 0.15) is 92.1 Å². The van der Waals surface area contributed by atoms with E-state index < -0.39 is 65.2 Å². The maximum atomic E-state index is 14.5. The molecule has 0 amide bonds. The summed E-state index contributed by atoms with van der Waals surface area (Å²) >= 11 is 0. The van der Waals surface area contributed by atoms with E-state index in [1.165, 1.54) is 0 Å². The number of esters is 2. The summed E-state index contributed by atoms with van der Waals surface area (Å²) in [5, 5.41) is 0. The molecule has 3 rings (SSSR count).